The first-order valence-electron chi connectivity index (χ1n) is 7.30. The molecule has 2 aromatic rings. The van der Waals surface area contributed by atoms with Crippen LogP contribution >= 0.6 is 0 Å². The molecule has 0 radical (unpaired) electrons. The first-order valence-corrected chi connectivity index (χ1v) is 7.30. The number of halogens is 1. The van der Waals surface area contributed by atoms with Crippen LogP contribution in [0.15, 0.2) is 54.6 Å². The summed E-state index contributed by atoms with van der Waals surface area (Å²) in [4.78, 5) is 0. The van der Waals surface area contributed by atoms with E-state index in [0.29, 0.717) is 0 Å². The molecule has 0 fully saturated rings. The first kappa shape index (κ1) is 15.7. The molecule has 0 aliphatic heterocycles. The fraction of sp³-hybridized carbons (Fsp3) is 0.333. The van der Waals surface area contributed by atoms with Crippen molar-refractivity contribution in [2.24, 2.45) is 0 Å². The van der Waals surface area contributed by atoms with Gasteiger partial charge in [-0.3, -0.25) is 0 Å². The summed E-state index contributed by atoms with van der Waals surface area (Å²) in [6, 6.07) is 17.0. The molecule has 2 atom stereocenters. The minimum Gasteiger partial charge on any atom is -0.375 e. The third kappa shape index (κ3) is 4.38. The van der Waals surface area contributed by atoms with Crippen LogP contribution < -0.4 is 5.32 Å². The molecule has 0 aliphatic rings. The Morgan fingerprint density at radius 1 is 1.05 bits per heavy atom. The molecule has 0 saturated heterocycles. The molecule has 3 heteroatoms. The number of rotatable bonds is 7. The maximum atomic E-state index is 13.0. The second-order valence-corrected chi connectivity index (χ2v) is 5.06. The summed E-state index contributed by atoms with van der Waals surface area (Å²) in [5.74, 6) is -0.204. The quantitative estimate of drug-likeness (QED) is 0.837. The highest BCUT2D eigenvalue weighted by molar-refractivity contribution is 5.22. The van der Waals surface area contributed by atoms with Crippen molar-refractivity contribution in [1.29, 1.82) is 0 Å². The molecule has 0 saturated carbocycles. The van der Waals surface area contributed by atoms with Gasteiger partial charge in [0.2, 0.25) is 0 Å². The van der Waals surface area contributed by atoms with Gasteiger partial charge in [0, 0.05) is 13.2 Å². The van der Waals surface area contributed by atoms with Crippen molar-refractivity contribution in [3.63, 3.8) is 0 Å². The van der Waals surface area contributed by atoms with Gasteiger partial charge in [0.05, 0.1) is 6.10 Å². The van der Waals surface area contributed by atoms with Gasteiger partial charge in [-0.05, 0) is 36.2 Å². The lowest BCUT2D eigenvalue weighted by Crippen LogP contribution is -2.37. The topological polar surface area (TPSA) is 21.3 Å². The smallest absolute Gasteiger partial charge is 0.123 e. The number of ether oxygens (including phenoxy) is 1. The lowest BCUT2D eigenvalue weighted by molar-refractivity contribution is 0.0684. The van der Waals surface area contributed by atoms with Gasteiger partial charge in [-0.1, -0.05) is 49.4 Å². The predicted molar refractivity (Wildman–Crippen MR) is 83.8 cm³/mol. The molecular weight excluding hydrogens is 265 g/mol. The Morgan fingerprint density at radius 2 is 1.71 bits per heavy atom. The van der Waals surface area contributed by atoms with Crippen molar-refractivity contribution in [1.82, 2.24) is 5.32 Å². The van der Waals surface area contributed by atoms with Crippen LogP contribution in [0.25, 0.3) is 0 Å². The largest absolute Gasteiger partial charge is 0.375 e. The standard InChI is InChI=1S/C18H22FNO/c1-3-20-17(13-14-9-11-16(19)12-10-14)18(21-2)15-7-5-4-6-8-15/h4-12,17-18,20H,3,13H2,1-2H3. The van der Waals surface area contributed by atoms with Gasteiger partial charge >= 0.3 is 0 Å². The normalized spacial score (nSPS) is 13.9. The zero-order chi connectivity index (χ0) is 15.1. The minimum atomic E-state index is -0.204. The van der Waals surface area contributed by atoms with E-state index in [1.807, 2.05) is 30.3 Å². The number of likely N-dealkylation sites (N-methyl/N-ethyl adjacent to an activating group) is 1. The lowest BCUT2D eigenvalue weighted by Gasteiger charge is -2.27. The molecule has 21 heavy (non-hydrogen) atoms. The number of hydrogen-bond acceptors (Lipinski definition) is 2. The zero-order valence-electron chi connectivity index (χ0n) is 12.6. The van der Waals surface area contributed by atoms with E-state index in [0.717, 1.165) is 24.1 Å². The molecule has 2 nitrogen and oxygen atoms in total. The summed E-state index contributed by atoms with van der Waals surface area (Å²) >= 11 is 0. The summed E-state index contributed by atoms with van der Waals surface area (Å²) in [5.41, 5.74) is 2.24. The summed E-state index contributed by atoms with van der Waals surface area (Å²) in [7, 11) is 1.73. The van der Waals surface area contributed by atoms with Crippen molar-refractivity contribution in [2.75, 3.05) is 13.7 Å². The third-order valence-corrected chi connectivity index (χ3v) is 3.58. The molecule has 2 unspecified atom stereocenters. The van der Waals surface area contributed by atoms with Crippen molar-refractivity contribution in [3.05, 3.63) is 71.5 Å². The molecule has 2 aromatic carbocycles. The molecule has 1 N–H and O–H groups in total. The number of benzene rings is 2. The number of methoxy groups -OCH3 is 1. The maximum absolute atomic E-state index is 13.0. The highest BCUT2D eigenvalue weighted by Crippen LogP contribution is 2.23. The van der Waals surface area contributed by atoms with E-state index < -0.39 is 0 Å². The van der Waals surface area contributed by atoms with Crippen LogP contribution in [0.5, 0.6) is 0 Å². The number of hydrogen-bond donors (Lipinski definition) is 1. The Balaban J connectivity index is 2.18. The van der Waals surface area contributed by atoms with Crippen LogP contribution in [0, 0.1) is 5.82 Å². The fourth-order valence-corrected chi connectivity index (χ4v) is 2.60. The lowest BCUT2D eigenvalue weighted by atomic mass is 9.96. The Morgan fingerprint density at radius 3 is 2.29 bits per heavy atom. The van der Waals surface area contributed by atoms with E-state index in [4.69, 9.17) is 4.74 Å². The second kappa shape index (κ2) is 7.91. The highest BCUT2D eigenvalue weighted by Gasteiger charge is 2.22. The van der Waals surface area contributed by atoms with Gasteiger partial charge in [-0.25, -0.2) is 4.39 Å². The van der Waals surface area contributed by atoms with E-state index >= 15 is 0 Å². The first-order chi connectivity index (χ1) is 10.2. The monoisotopic (exact) mass is 287 g/mol. The predicted octanol–water partition coefficient (Wildman–Crippen LogP) is 3.73. The Kier molecular flexibility index (Phi) is 5.90. The molecule has 0 aliphatic carbocycles. The Hall–Kier alpha value is -1.71. The van der Waals surface area contributed by atoms with Crippen molar-refractivity contribution in [2.45, 2.75) is 25.5 Å². The van der Waals surface area contributed by atoms with Gasteiger partial charge in [0.1, 0.15) is 5.82 Å². The van der Waals surface area contributed by atoms with E-state index in [1.165, 1.54) is 12.1 Å². The summed E-state index contributed by atoms with van der Waals surface area (Å²) in [6.45, 7) is 2.94. The summed E-state index contributed by atoms with van der Waals surface area (Å²) in [5, 5.41) is 3.48. The van der Waals surface area contributed by atoms with Gasteiger partial charge in [0.25, 0.3) is 0 Å². The molecule has 0 aromatic heterocycles. The second-order valence-electron chi connectivity index (χ2n) is 5.06. The van der Waals surface area contributed by atoms with Crippen LogP contribution in [0.4, 0.5) is 4.39 Å². The summed E-state index contributed by atoms with van der Waals surface area (Å²) in [6.07, 6.45) is 0.762. The van der Waals surface area contributed by atoms with Crippen LogP contribution in [0.2, 0.25) is 0 Å². The molecule has 2 rings (SSSR count). The Labute approximate surface area is 126 Å². The number of nitrogens with one attached hydrogen (secondary N) is 1. The average Bonchev–Trinajstić information content (AvgIpc) is 2.51. The average molecular weight is 287 g/mol. The van der Waals surface area contributed by atoms with Crippen LogP contribution in [-0.2, 0) is 11.2 Å². The van der Waals surface area contributed by atoms with Crippen LogP contribution in [0.3, 0.4) is 0 Å². The van der Waals surface area contributed by atoms with E-state index in [9.17, 15) is 4.39 Å². The highest BCUT2D eigenvalue weighted by atomic mass is 19.1. The molecule has 0 amide bonds. The minimum absolute atomic E-state index is 0.0313. The molecule has 0 spiro atoms. The van der Waals surface area contributed by atoms with Gasteiger partial charge < -0.3 is 10.1 Å². The van der Waals surface area contributed by atoms with Crippen molar-refractivity contribution >= 4 is 0 Å². The zero-order valence-corrected chi connectivity index (χ0v) is 12.6. The fourth-order valence-electron chi connectivity index (χ4n) is 2.60. The van der Waals surface area contributed by atoms with Gasteiger partial charge in [0.15, 0.2) is 0 Å². The van der Waals surface area contributed by atoms with Gasteiger partial charge in [-0.2, -0.15) is 0 Å². The maximum Gasteiger partial charge on any atom is 0.123 e. The molecule has 0 heterocycles. The summed E-state index contributed by atoms with van der Waals surface area (Å²) < 4.78 is 18.7. The van der Waals surface area contributed by atoms with E-state index in [-0.39, 0.29) is 18.0 Å². The van der Waals surface area contributed by atoms with Crippen LogP contribution in [0.1, 0.15) is 24.2 Å². The van der Waals surface area contributed by atoms with Crippen LogP contribution in [-0.4, -0.2) is 19.7 Å². The molecule has 0 bridgehead atoms. The van der Waals surface area contributed by atoms with Gasteiger partial charge in [-0.15, -0.1) is 0 Å². The van der Waals surface area contributed by atoms with E-state index in [2.05, 4.69) is 24.4 Å². The third-order valence-electron chi connectivity index (χ3n) is 3.58. The SMILES string of the molecule is CCNC(Cc1ccc(F)cc1)C(OC)c1ccccc1. The molecule has 112 valence electrons. The van der Waals surface area contributed by atoms with E-state index in [1.54, 1.807) is 7.11 Å². The van der Waals surface area contributed by atoms with Crippen molar-refractivity contribution < 1.29 is 9.13 Å². The van der Waals surface area contributed by atoms with Crippen molar-refractivity contribution in [3.8, 4) is 0 Å². The molecular formula is C18H22FNO. The Bertz CT molecular complexity index is 527.